The van der Waals surface area contributed by atoms with Crippen molar-refractivity contribution in [2.45, 2.75) is 11.8 Å². The van der Waals surface area contributed by atoms with Gasteiger partial charge in [0.1, 0.15) is 4.90 Å². The first-order chi connectivity index (χ1) is 8.49. The van der Waals surface area contributed by atoms with E-state index in [1.807, 2.05) is 6.92 Å². The van der Waals surface area contributed by atoms with Crippen molar-refractivity contribution in [3.05, 3.63) is 53.3 Å². The molecule has 1 heterocycles. The van der Waals surface area contributed by atoms with Crippen molar-refractivity contribution in [1.82, 2.24) is 4.98 Å². The van der Waals surface area contributed by atoms with Crippen LogP contribution in [0, 0.1) is 6.92 Å². The Kier molecular flexibility index (Phi) is 3.54. The van der Waals surface area contributed by atoms with E-state index >= 15 is 0 Å². The van der Waals surface area contributed by atoms with E-state index in [9.17, 15) is 8.42 Å². The quantitative estimate of drug-likeness (QED) is 0.642. The average Bonchev–Trinajstić information content (AvgIpc) is 2.32. The summed E-state index contributed by atoms with van der Waals surface area (Å²) in [6.07, 6.45) is 1.45. The predicted molar refractivity (Wildman–Crippen MR) is 68.2 cm³/mol. The predicted octanol–water partition coefficient (Wildman–Crippen LogP) is 2.81. The number of hydrogen-bond donors (Lipinski definition) is 0. The lowest BCUT2D eigenvalue weighted by molar-refractivity contribution is 0.485. The molecule has 0 saturated heterocycles. The van der Waals surface area contributed by atoms with Crippen molar-refractivity contribution < 1.29 is 12.6 Å². The number of benzene rings is 1. The van der Waals surface area contributed by atoms with Crippen molar-refractivity contribution in [3.8, 4) is 5.75 Å². The molecule has 0 atom stereocenters. The van der Waals surface area contributed by atoms with Gasteiger partial charge in [0.2, 0.25) is 0 Å². The Morgan fingerprint density at radius 3 is 2.44 bits per heavy atom. The van der Waals surface area contributed by atoms with Crippen molar-refractivity contribution >= 4 is 21.7 Å². The molecule has 0 spiro atoms. The fraction of sp³-hybridized carbons (Fsp3) is 0.0833. The minimum absolute atomic E-state index is 0.00758. The molecule has 18 heavy (non-hydrogen) atoms. The van der Waals surface area contributed by atoms with Crippen molar-refractivity contribution in [2.24, 2.45) is 0 Å². The topological polar surface area (TPSA) is 56.3 Å². The van der Waals surface area contributed by atoms with E-state index in [2.05, 4.69) is 4.98 Å². The second-order valence-corrected chi connectivity index (χ2v) is 5.55. The lowest BCUT2D eigenvalue weighted by Gasteiger charge is -2.07. The molecule has 94 valence electrons. The third-order valence-electron chi connectivity index (χ3n) is 2.23. The molecule has 0 radical (unpaired) electrons. The number of hydrogen-bond acceptors (Lipinski definition) is 4. The summed E-state index contributed by atoms with van der Waals surface area (Å²) >= 11 is 5.74. The maximum Gasteiger partial charge on any atom is 0.339 e. The summed E-state index contributed by atoms with van der Waals surface area (Å²) in [6.45, 7) is 1.87. The van der Waals surface area contributed by atoms with Crippen LogP contribution < -0.4 is 4.18 Å². The average molecular weight is 284 g/mol. The molecular formula is C12H10ClNO3S. The zero-order chi connectivity index (χ0) is 13.2. The summed E-state index contributed by atoms with van der Waals surface area (Å²) in [5, 5.41) is 0.00758. The van der Waals surface area contributed by atoms with E-state index in [0.29, 0.717) is 0 Å². The minimum atomic E-state index is -3.88. The Labute approximate surface area is 110 Å². The smallest absolute Gasteiger partial charge is 0.339 e. The zero-order valence-electron chi connectivity index (χ0n) is 9.50. The van der Waals surface area contributed by atoms with Crippen LogP contribution in [0.15, 0.2) is 47.5 Å². The second kappa shape index (κ2) is 4.96. The fourth-order valence-electron chi connectivity index (χ4n) is 1.30. The Morgan fingerprint density at radius 2 is 1.83 bits per heavy atom. The van der Waals surface area contributed by atoms with Crippen molar-refractivity contribution in [1.29, 1.82) is 0 Å². The summed E-state index contributed by atoms with van der Waals surface area (Å²) in [4.78, 5) is 3.82. The van der Waals surface area contributed by atoms with E-state index in [1.54, 1.807) is 18.2 Å². The van der Waals surface area contributed by atoms with Crippen LogP contribution in [0.1, 0.15) is 5.56 Å². The number of nitrogens with zero attached hydrogens (tertiary/aromatic N) is 1. The maximum atomic E-state index is 12.0. The standard InChI is InChI=1S/C12H10ClNO3S/c1-9-4-6-10(7-5-9)18(15,16)17-11-3-2-8-14-12(11)13/h2-8H,1H3. The van der Waals surface area contributed by atoms with Gasteiger partial charge in [0.15, 0.2) is 10.9 Å². The van der Waals surface area contributed by atoms with E-state index < -0.39 is 10.1 Å². The highest BCUT2D eigenvalue weighted by atomic mass is 35.5. The third-order valence-corrected chi connectivity index (χ3v) is 3.77. The van der Waals surface area contributed by atoms with Crippen LogP contribution in [0.2, 0.25) is 5.15 Å². The molecule has 1 aromatic carbocycles. The first-order valence-corrected chi connectivity index (χ1v) is 6.89. The Balaban J connectivity index is 2.33. The van der Waals surface area contributed by atoms with Crippen LogP contribution in [-0.2, 0) is 10.1 Å². The molecule has 4 nitrogen and oxygen atoms in total. The Bertz CT molecular complexity index is 653. The molecule has 0 aliphatic heterocycles. The van der Waals surface area contributed by atoms with Crippen molar-refractivity contribution in [3.63, 3.8) is 0 Å². The lowest BCUT2D eigenvalue weighted by Crippen LogP contribution is -2.10. The van der Waals surface area contributed by atoms with E-state index in [-0.39, 0.29) is 15.8 Å². The van der Waals surface area contributed by atoms with Gasteiger partial charge in [0, 0.05) is 6.20 Å². The highest BCUT2D eigenvalue weighted by Gasteiger charge is 2.18. The van der Waals surface area contributed by atoms with Gasteiger partial charge in [-0.1, -0.05) is 29.3 Å². The first kappa shape index (κ1) is 12.9. The number of aryl methyl sites for hydroxylation is 1. The van der Waals surface area contributed by atoms with Crippen LogP contribution in [0.5, 0.6) is 5.75 Å². The van der Waals surface area contributed by atoms with E-state index in [1.165, 1.54) is 24.4 Å². The molecule has 6 heteroatoms. The summed E-state index contributed by atoms with van der Waals surface area (Å²) in [7, 11) is -3.88. The summed E-state index contributed by atoms with van der Waals surface area (Å²) in [5.74, 6) is 0.0136. The highest BCUT2D eigenvalue weighted by Crippen LogP contribution is 2.24. The van der Waals surface area contributed by atoms with Gasteiger partial charge in [-0.05, 0) is 31.2 Å². The van der Waals surface area contributed by atoms with E-state index in [4.69, 9.17) is 15.8 Å². The Hall–Kier alpha value is -1.59. The molecule has 2 rings (SSSR count). The molecule has 0 fully saturated rings. The van der Waals surface area contributed by atoms with Gasteiger partial charge in [0.25, 0.3) is 0 Å². The molecular weight excluding hydrogens is 274 g/mol. The SMILES string of the molecule is Cc1ccc(S(=O)(=O)Oc2cccnc2Cl)cc1. The normalized spacial score (nSPS) is 11.2. The van der Waals surface area contributed by atoms with Crippen LogP contribution in [0.3, 0.4) is 0 Å². The molecule has 0 unspecified atom stereocenters. The van der Waals surface area contributed by atoms with Gasteiger partial charge in [-0.2, -0.15) is 8.42 Å². The van der Waals surface area contributed by atoms with Crippen LogP contribution >= 0.6 is 11.6 Å². The minimum Gasteiger partial charge on any atom is -0.376 e. The van der Waals surface area contributed by atoms with Gasteiger partial charge in [-0.15, -0.1) is 0 Å². The maximum absolute atomic E-state index is 12.0. The molecule has 2 aromatic rings. The third kappa shape index (κ3) is 2.80. The fourth-order valence-corrected chi connectivity index (χ4v) is 2.44. The van der Waals surface area contributed by atoms with Gasteiger partial charge < -0.3 is 4.18 Å². The number of rotatable bonds is 3. The van der Waals surface area contributed by atoms with Crippen LogP contribution in [0.4, 0.5) is 0 Å². The molecule has 0 aliphatic rings. The van der Waals surface area contributed by atoms with Crippen LogP contribution in [-0.4, -0.2) is 13.4 Å². The summed E-state index contributed by atoms with van der Waals surface area (Å²) < 4.78 is 28.8. The van der Waals surface area contributed by atoms with Gasteiger partial charge >= 0.3 is 10.1 Å². The molecule has 0 bridgehead atoms. The second-order valence-electron chi connectivity index (χ2n) is 3.64. The van der Waals surface area contributed by atoms with Gasteiger partial charge in [0.05, 0.1) is 0 Å². The molecule has 1 aromatic heterocycles. The summed E-state index contributed by atoms with van der Waals surface area (Å²) in [5.41, 5.74) is 0.966. The molecule has 0 N–H and O–H groups in total. The Morgan fingerprint density at radius 1 is 1.17 bits per heavy atom. The molecule has 0 saturated carbocycles. The van der Waals surface area contributed by atoms with Gasteiger partial charge in [-0.3, -0.25) is 0 Å². The highest BCUT2D eigenvalue weighted by molar-refractivity contribution is 7.87. The van der Waals surface area contributed by atoms with Crippen LogP contribution in [0.25, 0.3) is 0 Å². The zero-order valence-corrected chi connectivity index (χ0v) is 11.1. The number of pyridine rings is 1. The lowest BCUT2D eigenvalue weighted by atomic mass is 10.2. The van der Waals surface area contributed by atoms with Crippen molar-refractivity contribution in [2.75, 3.05) is 0 Å². The molecule has 0 amide bonds. The molecule has 0 aliphatic carbocycles. The summed E-state index contributed by atoms with van der Waals surface area (Å²) in [6, 6.07) is 9.35. The number of halogens is 1. The first-order valence-electron chi connectivity index (χ1n) is 5.11. The monoisotopic (exact) mass is 283 g/mol. The van der Waals surface area contributed by atoms with Gasteiger partial charge in [-0.25, -0.2) is 4.98 Å². The van der Waals surface area contributed by atoms with E-state index in [0.717, 1.165) is 5.56 Å². The largest absolute Gasteiger partial charge is 0.376 e. The number of aromatic nitrogens is 1.